The average Bonchev–Trinajstić information content (AvgIpc) is 2.79. The van der Waals surface area contributed by atoms with Crippen molar-refractivity contribution in [2.45, 2.75) is 23.7 Å². The van der Waals surface area contributed by atoms with Gasteiger partial charge in [0.2, 0.25) is 5.95 Å². The molecule has 1 atom stereocenters. The van der Waals surface area contributed by atoms with Crippen LogP contribution in [0, 0.1) is 5.82 Å². The Bertz CT molecular complexity index is 1230. The number of rotatable bonds is 5. The second-order valence-corrected chi connectivity index (χ2v) is 9.22. The van der Waals surface area contributed by atoms with Gasteiger partial charge in [-0.3, -0.25) is 9.52 Å². The third-order valence-corrected chi connectivity index (χ3v) is 6.73. The molecule has 3 N–H and O–H groups in total. The number of nitrogen functional groups attached to an aromatic ring is 1. The van der Waals surface area contributed by atoms with Crippen LogP contribution in [-0.4, -0.2) is 42.3 Å². The molecule has 1 aliphatic heterocycles. The van der Waals surface area contributed by atoms with Crippen LogP contribution in [0.2, 0.25) is 0 Å². The number of sulfonamides is 1. The topological polar surface area (TPSA) is 118 Å². The molecule has 8 nitrogen and oxygen atoms in total. The van der Waals surface area contributed by atoms with Gasteiger partial charge in [-0.25, -0.2) is 22.8 Å². The lowest BCUT2D eigenvalue weighted by Gasteiger charge is -2.33. The third-order valence-electron chi connectivity index (χ3n) is 5.35. The fraction of sp³-hybridized carbons (Fsp3) is 0.227. The Morgan fingerprint density at radius 2 is 1.88 bits per heavy atom. The summed E-state index contributed by atoms with van der Waals surface area (Å²) in [5, 5.41) is 0. The van der Waals surface area contributed by atoms with Gasteiger partial charge in [0.15, 0.2) is 0 Å². The minimum atomic E-state index is -3.99. The first-order valence-electron chi connectivity index (χ1n) is 10.1. The second kappa shape index (κ2) is 8.91. The number of carbonyl (C=O) groups excluding carboxylic acids is 1. The fourth-order valence-electron chi connectivity index (χ4n) is 3.77. The van der Waals surface area contributed by atoms with Crippen molar-refractivity contribution in [2.24, 2.45) is 0 Å². The molecule has 1 unspecified atom stereocenters. The van der Waals surface area contributed by atoms with Gasteiger partial charge >= 0.3 is 0 Å². The highest BCUT2D eigenvalue weighted by Gasteiger charge is 2.28. The summed E-state index contributed by atoms with van der Waals surface area (Å²) in [5.41, 5.74) is 6.87. The lowest BCUT2D eigenvalue weighted by atomic mass is 9.94. The summed E-state index contributed by atoms with van der Waals surface area (Å²) < 4.78 is 41.1. The van der Waals surface area contributed by atoms with E-state index in [-0.39, 0.29) is 33.9 Å². The molecular formula is C22H22FN5O3S. The molecule has 2 heterocycles. The van der Waals surface area contributed by atoms with Crippen molar-refractivity contribution in [2.75, 3.05) is 23.5 Å². The summed E-state index contributed by atoms with van der Waals surface area (Å²) in [6, 6.07) is 12.7. The number of piperidine rings is 1. The number of nitrogens with zero attached hydrogens (tertiary/aromatic N) is 3. The summed E-state index contributed by atoms with van der Waals surface area (Å²) in [7, 11) is -3.99. The van der Waals surface area contributed by atoms with Crippen molar-refractivity contribution in [3.8, 4) is 0 Å². The maximum Gasteiger partial charge on any atom is 0.261 e. The molecule has 10 heteroatoms. The number of hydrogen-bond acceptors (Lipinski definition) is 6. The van der Waals surface area contributed by atoms with Gasteiger partial charge < -0.3 is 10.6 Å². The normalized spacial score (nSPS) is 16.5. The van der Waals surface area contributed by atoms with Crippen LogP contribution in [0.3, 0.4) is 0 Å². The first-order valence-corrected chi connectivity index (χ1v) is 11.6. The molecule has 0 radical (unpaired) electrons. The van der Waals surface area contributed by atoms with Crippen molar-refractivity contribution in [3.05, 3.63) is 77.9 Å². The highest BCUT2D eigenvalue weighted by Crippen LogP contribution is 2.28. The average molecular weight is 456 g/mol. The molecule has 1 saturated heterocycles. The molecule has 1 aliphatic rings. The maximum atomic E-state index is 13.3. The van der Waals surface area contributed by atoms with E-state index >= 15 is 0 Å². The predicted molar refractivity (Wildman–Crippen MR) is 118 cm³/mol. The molecule has 1 amide bonds. The number of nitrogens with one attached hydrogen (secondary N) is 1. The molecule has 166 valence electrons. The van der Waals surface area contributed by atoms with Crippen LogP contribution < -0.4 is 10.5 Å². The van der Waals surface area contributed by atoms with Crippen LogP contribution in [0.25, 0.3) is 0 Å². The lowest BCUT2D eigenvalue weighted by molar-refractivity contribution is 0.0707. The van der Waals surface area contributed by atoms with Crippen LogP contribution in [-0.2, 0) is 10.0 Å². The Kier molecular flexibility index (Phi) is 6.04. The molecule has 1 aromatic heterocycles. The number of carbonyl (C=O) groups is 1. The number of anilines is 2. The number of aromatic nitrogens is 2. The summed E-state index contributed by atoms with van der Waals surface area (Å²) in [4.78, 5) is 23.1. The monoisotopic (exact) mass is 455 g/mol. The van der Waals surface area contributed by atoms with Gasteiger partial charge in [-0.2, -0.15) is 0 Å². The molecule has 1 fully saturated rings. The summed E-state index contributed by atoms with van der Waals surface area (Å²) in [6.45, 7) is 0.989. The van der Waals surface area contributed by atoms with Crippen LogP contribution in [0.4, 0.5) is 16.0 Å². The fourth-order valence-corrected chi connectivity index (χ4v) is 4.84. The van der Waals surface area contributed by atoms with E-state index in [2.05, 4.69) is 14.7 Å². The van der Waals surface area contributed by atoms with Gasteiger partial charge in [-0.15, -0.1) is 0 Å². The van der Waals surface area contributed by atoms with E-state index in [1.807, 2.05) is 0 Å². The second-order valence-electron chi connectivity index (χ2n) is 7.54. The van der Waals surface area contributed by atoms with E-state index in [4.69, 9.17) is 5.73 Å². The van der Waals surface area contributed by atoms with E-state index < -0.39 is 15.8 Å². The van der Waals surface area contributed by atoms with E-state index in [0.29, 0.717) is 13.1 Å². The zero-order valence-corrected chi connectivity index (χ0v) is 17.9. The Morgan fingerprint density at radius 1 is 1.12 bits per heavy atom. The Hall–Kier alpha value is -3.53. The van der Waals surface area contributed by atoms with E-state index in [1.54, 1.807) is 35.4 Å². The predicted octanol–water partition coefficient (Wildman–Crippen LogP) is 3.02. The van der Waals surface area contributed by atoms with Gasteiger partial charge in [0, 0.05) is 25.2 Å². The summed E-state index contributed by atoms with van der Waals surface area (Å²) in [6.07, 6.45) is 3.24. The largest absolute Gasteiger partial charge is 0.368 e. The minimum absolute atomic E-state index is 0.0149. The zero-order valence-electron chi connectivity index (χ0n) is 17.1. The van der Waals surface area contributed by atoms with Gasteiger partial charge in [-0.05, 0) is 55.3 Å². The number of hydrogen-bond donors (Lipinski definition) is 2. The number of nitrogens with two attached hydrogens (primary N) is 1. The molecule has 4 rings (SSSR count). The molecule has 0 bridgehead atoms. The lowest BCUT2D eigenvalue weighted by Crippen LogP contribution is -2.39. The first kappa shape index (κ1) is 21.7. The van der Waals surface area contributed by atoms with Gasteiger partial charge in [0.05, 0.1) is 21.8 Å². The van der Waals surface area contributed by atoms with Gasteiger partial charge in [0.25, 0.3) is 15.9 Å². The van der Waals surface area contributed by atoms with Crippen molar-refractivity contribution in [3.63, 3.8) is 0 Å². The van der Waals surface area contributed by atoms with E-state index in [0.717, 1.165) is 30.7 Å². The van der Waals surface area contributed by atoms with E-state index in [1.165, 1.54) is 18.2 Å². The zero-order chi connectivity index (χ0) is 22.7. The van der Waals surface area contributed by atoms with Crippen molar-refractivity contribution < 1.29 is 17.6 Å². The molecule has 2 aromatic carbocycles. The highest BCUT2D eigenvalue weighted by molar-refractivity contribution is 7.92. The third kappa shape index (κ3) is 4.70. The van der Waals surface area contributed by atoms with Gasteiger partial charge in [0.1, 0.15) is 5.82 Å². The number of benzene rings is 2. The Balaban J connectivity index is 1.56. The van der Waals surface area contributed by atoms with Crippen LogP contribution in [0.15, 0.2) is 65.7 Å². The quantitative estimate of drug-likeness (QED) is 0.611. The standard InChI is InChI=1S/C22H22FN5O3S/c23-16-7-9-17(10-8-16)32(30,31)27-20-6-2-1-5-18(20)21(29)28-13-3-4-15(14-28)19-11-12-25-22(24)26-19/h1-2,5-12,15,27H,3-4,13-14H2,(H2,24,25,26). The molecule has 0 spiro atoms. The maximum absolute atomic E-state index is 13.3. The van der Waals surface area contributed by atoms with Crippen LogP contribution in [0.1, 0.15) is 34.8 Å². The Morgan fingerprint density at radius 3 is 2.62 bits per heavy atom. The molecular weight excluding hydrogens is 433 g/mol. The summed E-state index contributed by atoms with van der Waals surface area (Å²) in [5.74, 6) is -0.619. The molecule has 0 saturated carbocycles. The Labute approximate surface area is 185 Å². The molecule has 32 heavy (non-hydrogen) atoms. The number of amides is 1. The van der Waals surface area contributed by atoms with Crippen molar-refractivity contribution in [1.82, 2.24) is 14.9 Å². The first-order chi connectivity index (χ1) is 15.3. The van der Waals surface area contributed by atoms with Crippen LogP contribution in [0.5, 0.6) is 0 Å². The van der Waals surface area contributed by atoms with Crippen molar-refractivity contribution >= 4 is 27.6 Å². The van der Waals surface area contributed by atoms with E-state index in [9.17, 15) is 17.6 Å². The van der Waals surface area contributed by atoms with Crippen molar-refractivity contribution in [1.29, 1.82) is 0 Å². The summed E-state index contributed by atoms with van der Waals surface area (Å²) >= 11 is 0. The SMILES string of the molecule is Nc1nccc(C2CCCN(C(=O)c3ccccc3NS(=O)(=O)c3ccc(F)cc3)C2)n1. The number of halogens is 1. The minimum Gasteiger partial charge on any atom is -0.368 e. The number of likely N-dealkylation sites (tertiary alicyclic amines) is 1. The molecule has 3 aromatic rings. The molecule has 0 aliphatic carbocycles. The highest BCUT2D eigenvalue weighted by atomic mass is 32.2. The van der Waals surface area contributed by atoms with Crippen LogP contribution >= 0.6 is 0 Å². The smallest absolute Gasteiger partial charge is 0.261 e. The van der Waals surface area contributed by atoms with Gasteiger partial charge in [-0.1, -0.05) is 12.1 Å². The number of para-hydroxylation sites is 1.